The van der Waals surface area contributed by atoms with Crippen LogP contribution in [0.3, 0.4) is 0 Å². The summed E-state index contributed by atoms with van der Waals surface area (Å²) in [5, 5.41) is 6.06. The topological polar surface area (TPSA) is 63.2 Å². The van der Waals surface area contributed by atoms with E-state index >= 15 is 0 Å². The van der Waals surface area contributed by atoms with E-state index in [0.717, 1.165) is 31.6 Å². The van der Waals surface area contributed by atoms with Crippen LogP contribution in [0.5, 0.6) is 0 Å². The van der Waals surface area contributed by atoms with Gasteiger partial charge in [0.2, 0.25) is 0 Å². The second-order valence-corrected chi connectivity index (χ2v) is 5.60. The minimum Gasteiger partial charge on any atom is -0.444 e. The number of carbonyl (C=O) groups excluding carboxylic acids is 1. The van der Waals surface area contributed by atoms with Crippen molar-refractivity contribution in [3.63, 3.8) is 0 Å². The van der Waals surface area contributed by atoms with Crippen molar-refractivity contribution in [3.05, 3.63) is 30.1 Å². The number of rotatable bonds is 7. The first-order valence-electron chi connectivity index (χ1n) is 7.05. The van der Waals surface area contributed by atoms with E-state index in [1.165, 1.54) is 0 Å². The third-order valence-corrected chi connectivity index (χ3v) is 2.48. The highest BCUT2D eigenvalue weighted by Crippen LogP contribution is 2.06. The van der Waals surface area contributed by atoms with Crippen molar-refractivity contribution in [3.8, 4) is 0 Å². The second kappa shape index (κ2) is 8.53. The highest BCUT2D eigenvalue weighted by molar-refractivity contribution is 5.67. The molecule has 0 aliphatic carbocycles. The van der Waals surface area contributed by atoms with Gasteiger partial charge in [-0.1, -0.05) is 6.07 Å². The lowest BCUT2D eigenvalue weighted by Crippen LogP contribution is -2.34. The number of nitrogens with one attached hydrogen (secondary N) is 2. The Bertz CT molecular complexity index is 388. The van der Waals surface area contributed by atoms with Gasteiger partial charge in [-0.2, -0.15) is 0 Å². The molecule has 1 aromatic rings. The first-order chi connectivity index (χ1) is 9.47. The Kier molecular flexibility index (Phi) is 7.01. The quantitative estimate of drug-likeness (QED) is 0.751. The summed E-state index contributed by atoms with van der Waals surface area (Å²) in [7, 11) is 0. The number of pyridine rings is 1. The van der Waals surface area contributed by atoms with Gasteiger partial charge in [-0.15, -0.1) is 0 Å². The predicted octanol–water partition coefficient (Wildman–Crippen LogP) is 2.13. The monoisotopic (exact) mass is 279 g/mol. The van der Waals surface area contributed by atoms with Crippen LogP contribution in [0, 0.1) is 0 Å². The number of hydrogen-bond donors (Lipinski definition) is 2. The van der Waals surface area contributed by atoms with Crippen molar-refractivity contribution in [1.29, 1.82) is 0 Å². The van der Waals surface area contributed by atoms with Crippen molar-refractivity contribution in [2.24, 2.45) is 0 Å². The van der Waals surface area contributed by atoms with Crippen molar-refractivity contribution in [2.75, 3.05) is 19.6 Å². The number of nitrogens with zero attached hydrogens (tertiary/aromatic N) is 1. The Morgan fingerprint density at radius 3 is 2.70 bits per heavy atom. The van der Waals surface area contributed by atoms with E-state index < -0.39 is 5.60 Å². The summed E-state index contributed by atoms with van der Waals surface area (Å²) in [4.78, 5) is 15.6. The minimum atomic E-state index is -0.439. The third-order valence-electron chi connectivity index (χ3n) is 2.48. The second-order valence-electron chi connectivity index (χ2n) is 5.60. The fourth-order valence-corrected chi connectivity index (χ4v) is 1.61. The summed E-state index contributed by atoms with van der Waals surface area (Å²) in [6.07, 6.45) is 3.24. The summed E-state index contributed by atoms with van der Waals surface area (Å²) in [5.41, 5.74) is 0.650. The lowest BCUT2D eigenvalue weighted by Gasteiger charge is -2.19. The zero-order chi connectivity index (χ0) is 14.8. The van der Waals surface area contributed by atoms with Gasteiger partial charge >= 0.3 is 6.09 Å². The molecule has 0 radical (unpaired) electrons. The minimum absolute atomic E-state index is 0.356. The molecule has 0 aliphatic heterocycles. The maximum atomic E-state index is 11.4. The van der Waals surface area contributed by atoms with Crippen LogP contribution >= 0.6 is 0 Å². The lowest BCUT2D eigenvalue weighted by atomic mass is 10.2. The van der Waals surface area contributed by atoms with Gasteiger partial charge in [-0.3, -0.25) is 4.98 Å². The molecule has 1 rings (SSSR count). The van der Waals surface area contributed by atoms with Crippen LogP contribution in [0.15, 0.2) is 24.4 Å². The van der Waals surface area contributed by atoms with Crippen molar-refractivity contribution in [2.45, 2.75) is 39.2 Å². The molecule has 1 amide bonds. The summed E-state index contributed by atoms with van der Waals surface area (Å²) >= 11 is 0. The fourth-order valence-electron chi connectivity index (χ4n) is 1.61. The number of alkyl carbamates (subject to hydrolysis) is 1. The van der Waals surface area contributed by atoms with Gasteiger partial charge in [-0.05, 0) is 45.9 Å². The van der Waals surface area contributed by atoms with E-state index in [1.54, 1.807) is 6.20 Å². The lowest BCUT2D eigenvalue weighted by molar-refractivity contribution is 0.0527. The number of carbonyl (C=O) groups is 1. The number of ether oxygens (including phenoxy) is 1. The summed E-state index contributed by atoms with van der Waals surface area (Å²) in [6.45, 7) is 7.93. The Labute approximate surface area is 121 Å². The molecule has 0 saturated carbocycles. The molecule has 1 heterocycles. The largest absolute Gasteiger partial charge is 0.444 e. The van der Waals surface area contributed by atoms with Gasteiger partial charge in [0.25, 0.3) is 0 Å². The van der Waals surface area contributed by atoms with Crippen LogP contribution in [-0.2, 0) is 11.2 Å². The van der Waals surface area contributed by atoms with Gasteiger partial charge in [0, 0.05) is 31.4 Å². The van der Waals surface area contributed by atoms with E-state index in [1.807, 2.05) is 39.0 Å². The fraction of sp³-hybridized carbons (Fsp3) is 0.600. The van der Waals surface area contributed by atoms with Gasteiger partial charge < -0.3 is 15.4 Å². The molecule has 1 aromatic heterocycles. The highest BCUT2D eigenvalue weighted by Gasteiger charge is 2.15. The molecule has 112 valence electrons. The molecule has 0 bridgehead atoms. The van der Waals surface area contributed by atoms with E-state index in [9.17, 15) is 4.79 Å². The maximum Gasteiger partial charge on any atom is 0.407 e. The van der Waals surface area contributed by atoms with Gasteiger partial charge in [0.05, 0.1) is 0 Å². The molecule has 0 saturated heterocycles. The van der Waals surface area contributed by atoms with Crippen molar-refractivity contribution < 1.29 is 9.53 Å². The van der Waals surface area contributed by atoms with Crippen LogP contribution in [0.1, 0.15) is 32.9 Å². The number of aromatic nitrogens is 1. The first-order valence-corrected chi connectivity index (χ1v) is 7.05. The van der Waals surface area contributed by atoms with Crippen LogP contribution in [-0.4, -0.2) is 36.3 Å². The highest BCUT2D eigenvalue weighted by atomic mass is 16.6. The molecule has 0 spiro atoms. The SMILES string of the molecule is CC(C)(C)OC(=O)NCCCNCCc1ccccn1. The summed E-state index contributed by atoms with van der Waals surface area (Å²) < 4.78 is 5.14. The predicted molar refractivity (Wildman–Crippen MR) is 79.7 cm³/mol. The number of hydrogen-bond acceptors (Lipinski definition) is 4. The van der Waals surface area contributed by atoms with Crippen LogP contribution in [0.4, 0.5) is 4.79 Å². The molecular weight excluding hydrogens is 254 g/mol. The van der Waals surface area contributed by atoms with E-state index in [-0.39, 0.29) is 6.09 Å². The zero-order valence-corrected chi connectivity index (χ0v) is 12.6. The Morgan fingerprint density at radius 2 is 2.05 bits per heavy atom. The Balaban J connectivity index is 1.96. The number of amides is 1. The zero-order valence-electron chi connectivity index (χ0n) is 12.6. The van der Waals surface area contributed by atoms with E-state index in [4.69, 9.17) is 4.74 Å². The Hall–Kier alpha value is -1.62. The standard InChI is InChI=1S/C15H25N3O2/c1-15(2,3)20-14(19)18-11-6-9-16-12-8-13-7-4-5-10-17-13/h4-5,7,10,16H,6,8-9,11-12H2,1-3H3,(H,18,19). The van der Waals surface area contributed by atoms with Crippen molar-refractivity contribution in [1.82, 2.24) is 15.6 Å². The average molecular weight is 279 g/mol. The molecule has 0 atom stereocenters. The van der Waals surface area contributed by atoms with Gasteiger partial charge in [-0.25, -0.2) is 4.79 Å². The third kappa shape index (κ3) is 8.48. The first kappa shape index (κ1) is 16.4. The average Bonchev–Trinajstić information content (AvgIpc) is 2.37. The molecular formula is C15H25N3O2. The summed E-state index contributed by atoms with van der Waals surface area (Å²) in [5.74, 6) is 0. The molecule has 0 fully saturated rings. The van der Waals surface area contributed by atoms with Crippen LogP contribution < -0.4 is 10.6 Å². The molecule has 5 heteroatoms. The molecule has 20 heavy (non-hydrogen) atoms. The van der Waals surface area contributed by atoms with E-state index in [2.05, 4.69) is 15.6 Å². The smallest absolute Gasteiger partial charge is 0.407 e. The van der Waals surface area contributed by atoms with Crippen molar-refractivity contribution >= 4 is 6.09 Å². The van der Waals surface area contributed by atoms with Gasteiger partial charge in [0.1, 0.15) is 5.60 Å². The van der Waals surface area contributed by atoms with E-state index in [0.29, 0.717) is 6.54 Å². The van der Waals surface area contributed by atoms with Crippen LogP contribution in [0.25, 0.3) is 0 Å². The maximum absolute atomic E-state index is 11.4. The normalized spacial score (nSPS) is 11.2. The Morgan fingerprint density at radius 1 is 1.25 bits per heavy atom. The molecule has 5 nitrogen and oxygen atoms in total. The molecule has 2 N–H and O–H groups in total. The molecule has 0 aliphatic rings. The molecule has 0 unspecified atom stereocenters. The van der Waals surface area contributed by atoms with Crippen LogP contribution in [0.2, 0.25) is 0 Å². The summed E-state index contributed by atoms with van der Waals surface area (Å²) in [6, 6.07) is 5.93. The molecule has 0 aromatic carbocycles. The van der Waals surface area contributed by atoms with Gasteiger partial charge in [0.15, 0.2) is 0 Å².